The van der Waals surface area contributed by atoms with Crippen LogP contribution in [0.15, 0.2) is 12.5 Å². The summed E-state index contributed by atoms with van der Waals surface area (Å²) in [5, 5.41) is 1.84. The summed E-state index contributed by atoms with van der Waals surface area (Å²) in [6.45, 7) is 4.23. The van der Waals surface area contributed by atoms with Gasteiger partial charge in [0.15, 0.2) is 0 Å². The van der Waals surface area contributed by atoms with E-state index in [1.54, 1.807) is 23.9 Å². The van der Waals surface area contributed by atoms with Gasteiger partial charge >= 0.3 is 0 Å². The van der Waals surface area contributed by atoms with E-state index in [-0.39, 0.29) is 0 Å². The summed E-state index contributed by atoms with van der Waals surface area (Å²) in [5.74, 6) is 0.416. The van der Waals surface area contributed by atoms with Crippen LogP contribution in [0.5, 0.6) is 0 Å². The molecule has 2 aromatic rings. The first-order chi connectivity index (χ1) is 7.09. The molecule has 5 heteroatoms. The second-order valence-corrected chi connectivity index (χ2v) is 4.87. The van der Waals surface area contributed by atoms with E-state index < -0.39 is 0 Å². The van der Waals surface area contributed by atoms with Crippen molar-refractivity contribution in [2.75, 3.05) is 5.73 Å². The van der Waals surface area contributed by atoms with Gasteiger partial charge in [0, 0.05) is 13.0 Å². The van der Waals surface area contributed by atoms with Gasteiger partial charge in [-0.3, -0.25) is 0 Å². The molecule has 0 aromatic carbocycles. The summed E-state index contributed by atoms with van der Waals surface area (Å²) >= 11 is 1.55. The summed E-state index contributed by atoms with van der Waals surface area (Å²) in [6, 6.07) is 0. The van der Waals surface area contributed by atoms with Crippen molar-refractivity contribution in [1.29, 1.82) is 0 Å². The number of hydrogen-bond acceptors (Lipinski definition) is 4. The van der Waals surface area contributed by atoms with Crippen molar-refractivity contribution in [2.45, 2.75) is 19.8 Å². The lowest BCUT2D eigenvalue weighted by Crippen LogP contribution is -1.93. The second-order valence-electron chi connectivity index (χ2n) is 3.81. The molecular weight excluding hydrogens is 208 g/mol. The molecule has 2 aromatic heterocycles. The number of imidazole rings is 1. The minimum absolute atomic E-state index is 0.416. The zero-order valence-corrected chi connectivity index (χ0v) is 9.88. The molecule has 0 unspecified atom stereocenters. The van der Waals surface area contributed by atoms with E-state index in [0.717, 1.165) is 21.4 Å². The number of nitrogens with two attached hydrogens (primary N) is 1. The van der Waals surface area contributed by atoms with Gasteiger partial charge in [0.05, 0.1) is 23.2 Å². The van der Waals surface area contributed by atoms with E-state index in [0.29, 0.717) is 5.92 Å². The highest BCUT2D eigenvalue weighted by Crippen LogP contribution is 2.33. The van der Waals surface area contributed by atoms with Crippen LogP contribution in [0.3, 0.4) is 0 Å². The first kappa shape index (κ1) is 10.2. The zero-order valence-electron chi connectivity index (χ0n) is 9.06. The van der Waals surface area contributed by atoms with Crippen molar-refractivity contribution in [2.24, 2.45) is 7.05 Å². The Morgan fingerprint density at radius 3 is 2.67 bits per heavy atom. The first-order valence-electron chi connectivity index (χ1n) is 4.82. The number of nitrogens with zero attached hydrogens (tertiary/aromatic N) is 3. The van der Waals surface area contributed by atoms with Crippen molar-refractivity contribution in [3.8, 4) is 11.4 Å². The van der Waals surface area contributed by atoms with Crippen LogP contribution in [0.1, 0.15) is 24.8 Å². The van der Waals surface area contributed by atoms with Gasteiger partial charge in [0.2, 0.25) is 0 Å². The molecular formula is C10H14N4S. The van der Waals surface area contributed by atoms with E-state index in [1.165, 1.54) is 0 Å². The molecule has 80 valence electrons. The van der Waals surface area contributed by atoms with Crippen molar-refractivity contribution in [1.82, 2.24) is 14.5 Å². The zero-order chi connectivity index (χ0) is 11.0. The molecule has 0 fully saturated rings. The maximum Gasteiger partial charge on any atom is 0.123 e. The standard InChI is InChI=1S/C10H14N4S/c1-6(2)10-13-8(9(11)15-10)7-4-12-5-14(7)3/h4-6H,11H2,1-3H3. The molecule has 0 spiro atoms. The number of anilines is 1. The fourth-order valence-electron chi connectivity index (χ4n) is 1.36. The molecule has 0 aliphatic rings. The van der Waals surface area contributed by atoms with Gasteiger partial charge in [0.25, 0.3) is 0 Å². The van der Waals surface area contributed by atoms with Gasteiger partial charge in [-0.1, -0.05) is 13.8 Å². The Bertz CT molecular complexity index is 469. The molecule has 4 nitrogen and oxygen atoms in total. The Labute approximate surface area is 92.8 Å². The average molecular weight is 222 g/mol. The smallest absolute Gasteiger partial charge is 0.123 e. The van der Waals surface area contributed by atoms with Gasteiger partial charge in [-0.15, -0.1) is 11.3 Å². The Kier molecular flexibility index (Phi) is 2.48. The minimum atomic E-state index is 0.416. The maximum atomic E-state index is 5.95. The van der Waals surface area contributed by atoms with Crippen molar-refractivity contribution >= 4 is 16.3 Å². The van der Waals surface area contributed by atoms with E-state index in [1.807, 2.05) is 11.6 Å². The van der Waals surface area contributed by atoms with Crippen molar-refractivity contribution in [3.05, 3.63) is 17.5 Å². The van der Waals surface area contributed by atoms with Crippen LogP contribution in [0.4, 0.5) is 5.00 Å². The van der Waals surface area contributed by atoms with Gasteiger partial charge in [-0.25, -0.2) is 9.97 Å². The van der Waals surface area contributed by atoms with Crippen molar-refractivity contribution < 1.29 is 0 Å². The van der Waals surface area contributed by atoms with Crippen LogP contribution in [-0.4, -0.2) is 14.5 Å². The van der Waals surface area contributed by atoms with Gasteiger partial charge in [0.1, 0.15) is 10.7 Å². The second kappa shape index (κ2) is 3.66. The Balaban J connectivity index is 2.50. The fourth-order valence-corrected chi connectivity index (χ4v) is 2.21. The molecule has 0 saturated heterocycles. The van der Waals surface area contributed by atoms with Crippen LogP contribution in [0.25, 0.3) is 11.4 Å². The molecule has 0 aliphatic heterocycles. The maximum absolute atomic E-state index is 5.95. The summed E-state index contributed by atoms with van der Waals surface area (Å²) < 4.78 is 1.93. The van der Waals surface area contributed by atoms with Gasteiger partial charge in [-0.05, 0) is 0 Å². The number of hydrogen-bond donors (Lipinski definition) is 1. The molecule has 0 aliphatic carbocycles. The SMILES string of the molecule is CC(C)c1nc(-c2cncn2C)c(N)s1. The minimum Gasteiger partial charge on any atom is -0.389 e. The van der Waals surface area contributed by atoms with E-state index in [9.17, 15) is 0 Å². The lowest BCUT2D eigenvalue weighted by Gasteiger charge is -1.99. The summed E-state index contributed by atoms with van der Waals surface area (Å²) in [6.07, 6.45) is 3.54. The van der Waals surface area contributed by atoms with Crippen LogP contribution in [0.2, 0.25) is 0 Å². The highest BCUT2D eigenvalue weighted by Gasteiger charge is 2.14. The van der Waals surface area contributed by atoms with Gasteiger partial charge < -0.3 is 10.3 Å². The molecule has 2 heterocycles. The third-order valence-electron chi connectivity index (χ3n) is 2.22. The number of rotatable bonds is 2. The third kappa shape index (κ3) is 1.74. The Hall–Kier alpha value is -1.36. The molecule has 0 radical (unpaired) electrons. The highest BCUT2D eigenvalue weighted by atomic mass is 32.1. The largest absolute Gasteiger partial charge is 0.389 e. The number of nitrogen functional groups attached to an aromatic ring is 1. The topological polar surface area (TPSA) is 56.7 Å². The molecule has 15 heavy (non-hydrogen) atoms. The summed E-state index contributed by atoms with van der Waals surface area (Å²) in [5.41, 5.74) is 7.77. The monoisotopic (exact) mass is 222 g/mol. The molecule has 2 rings (SSSR count). The first-order valence-corrected chi connectivity index (χ1v) is 5.64. The van der Waals surface area contributed by atoms with Crippen LogP contribution in [0, 0.1) is 0 Å². The summed E-state index contributed by atoms with van der Waals surface area (Å²) in [7, 11) is 1.94. The molecule has 0 saturated carbocycles. The molecule has 2 N–H and O–H groups in total. The van der Waals surface area contributed by atoms with E-state index in [4.69, 9.17) is 5.73 Å². The number of thiazole rings is 1. The lowest BCUT2D eigenvalue weighted by molar-refractivity contribution is 0.850. The number of aryl methyl sites for hydroxylation is 1. The molecule has 0 atom stereocenters. The lowest BCUT2D eigenvalue weighted by atomic mass is 10.2. The third-order valence-corrected chi connectivity index (χ3v) is 3.41. The predicted octanol–water partition coefficient (Wildman–Crippen LogP) is 2.25. The average Bonchev–Trinajstić information content (AvgIpc) is 2.71. The molecule has 0 amide bonds. The van der Waals surface area contributed by atoms with Gasteiger partial charge in [-0.2, -0.15) is 0 Å². The Morgan fingerprint density at radius 2 is 2.20 bits per heavy atom. The quantitative estimate of drug-likeness (QED) is 0.847. The van der Waals surface area contributed by atoms with E-state index >= 15 is 0 Å². The summed E-state index contributed by atoms with van der Waals surface area (Å²) in [4.78, 5) is 8.61. The van der Waals surface area contributed by atoms with Crippen LogP contribution < -0.4 is 5.73 Å². The number of aromatic nitrogens is 3. The highest BCUT2D eigenvalue weighted by molar-refractivity contribution is 7.16. The van der Waals surface area contributed by atoms with Crippen LogP contribution >= 0.6 is 11.3 Å². The van der Waals surface area contributed by atoms with Crippen LogP contribution in [-0.2, 0) is 7.05 Å². The van der Waals surface area contributed by atoms with E-state index in [2.05, 4.69) is 23.8 Å². The molecule has 0 bridgehead atoms. The predicted molar refractivity (Wildman–Crippen MR) is 62.8 cm³/mol. The fraction of sp³-hybridized carbons (Fsp3) is 0.400. The Morgan fingerprint density at radius 1 is 1.47 bits per heavy atom. The van der Waals surface area contributed by atoms with Crippen molar-refractivity contribution in [3.63, 3.8) is 0 Å². The normalized spacial score (nSPS) is 11.2.